The van der Waals surface area contributed by atoms with E-state index in [-0.39, 0.29) is 30.3 Å². The third-order valence-electron chi connectivity index (χ3n) is 5.14. The lowest BCUT2D eigenvalue weighted by Crippen LogP contribution is -2.43. The van der Waals surface area contributed by atoms with Gasteiger partial charge in [0.05, 0.1) is 6.04 Å². The molecular formula is C25H24FNO3. The molecule has 1 amide bonds. The Hall–Kier alpha value is -3.47. The summed E-state index contributed by atoms with van der Waals surface area (Å²) in [5.41, 5.74) is 3.53. The van der Waals surface area contributed by atoms with Gasteiger partial charge in [-0.3, -0.25) is 9.59 Å². The van der Waals surface area contributed by atoms with Gasteiger partial charge in [-0.1, -0.05) is 36.4 Å². The fourth-order valence-electron chi connectivity index (χ4n) is 3.32. The molecule has 3 rings (SSSR count). The summed E-state index contributed by atoms with van der Waals surface area (Å²) in [6.07, 6.45) is 0.283. The van der Waals surface area contributed by atoms with Crippen molar-refractivity contribution < 1.29 is 19.1 Å². The van der Waals surface area contributed by atoms with Crippen LogP contribution in [0.2, 0.25) is 0 Å². The van der Waals surface area contributed by atoms with Gasteiger partial charge in [0.15, 0.2) is 5.78 Å². The lowest BCUT2D eigenvalue weighted by Gasteiger charge is -2.19. The second-order valence-electron chi connectivity index (χ2n) is 7.43. The maximum atomic E-state index is 13.7. The molecule has 3 aromatic carbocycles. The standard InChI is InChI=1S/C25H24FNO3/c1-16-7-10-20(26)14-19(16)15-24(29)23(13-18-8-11-21(28)12-9-18)27-25(30)22-6-4-3-5-17(22)2/h3-12,14,23,28H,13,15H2,1-2H3,(H,27,30). The van der Waals surface area contributed by atoms with Gasteiger partial charge in [0.2, 0.25) is 0 Å². The highest BCUT2D eigenvalue weighted by molar-refractivity contribution is 5.99. The number of benzene rings is 3. The topological polar surface area (TPSA) is 66.4 Å². The van der Waals surface area contributed by atoms with Gasteiger partial charge in [-0.2, -0.15) is 0 Å². The first-order valence-electron chi connectivity index (χ1n) is 9.75. The maximum absolute atomic E-state index is 13.7. The zero-order valence-corrected chi connectivity index (χ0v) is 17.0. The van der Waals surface area contributed by atoms with Crippen molar-refractivity contribution in [2.45, 2.75) is 32.7 Å². The molecule has 0 saturated heterocycles. The normalized spacial score (nSPS) is 11.7. The Morgan fingerprint density at radius 2 is 1.67 bits per heavy atom. The molecule has 4 nitrogen and oxygen atoms in total. The summed E-state index contributed by atoms with van der Waals surface area (Å²) in [6, 6.07) is 17.2. The number of nitrogens with one attached hydrogen (secondary N) is 1. The first-order chi connectivity index (χ1) is 14.3. The van der Waals surface area contributed by atoms with Crippen LogP contribution in [0.4, 0.5) is 4.39 Å². The summed E-state index contributed by atoms with van der Waals surface area (Å²) in [5, 5.41) is 12.4. The summed E-state index contributed by atoms with van der Waals surface area (Å²) in [4.78, 5) is 25.9. The molecule has 0 spiro atoms. The number of hydrogen-bond donors (Lipinski definition) is 2. The van der Waals surface area contributed by atoms with Crippen molar-refractivity contribution in [3.8, 4) is 5.75 Å². The minimum Gasteiger partial charge on any atom is -0.508 e. The predicted molar refractivity (Wildman–Crippen MR) is 114 cm³/mol. The molecule has 1 unspecified atom stereocenters. The van der Waals surface area contributed by atoms with Gasteiger partial charge < -0.3 is 10.4 Å². The smallest absolute Gasteiger partial charge is 0.252 e. The van der Waals surface area contributed by atoms with Crippen molar-refractivity contribution >= 4 is 11.7 Å². The van der Waals surface area contributed by atoms with Crippen LogP contribution < -0.4 is 5.32 Å². The lowest BCUT2D eigenvalue weighted by molar-refractivity contribution is -0.120. The molecule has 0 fully saturated rings. The Balaban J connectivity index is 1.85. The van der Waals surface area contributed by atoms with E-state index in [9.17, 15) is 19.1 Å². The number of carbonyl (C=O) groups excluding carboxylic acids is 2. The third-order valence-corrected chi connectivity index (χ3v) is 5.14. The van der Waals surface area contributed by atoms with Crippen molar-refractivity contribution in [2.24, 2.45) is 0 Å². The minimum absolute atomic E-state index is 0.0143. The predicted octanol–water partition coefficient (Wildman–Crippen LogP) is 4.30. The molecule has 0 aliphatic heterocycles. The summed E-state index contributed by atoms with van der Waals surface area (Å²) in [6.45, 7) is 3.66. The number of aromatic hydroxyl groups is 1. The Labute approximate surface area is 175 Å². The Morgan fingerprint density at radius 1 is 0.967 bits per heavy atom. The molecule has 0 aliphatic rings. The van der Waals surface area contributed by atoms with Gasteiger partial charge in [-0.15, -0.1) is 0 Å². The van der Waals surface area contributed by atoms with E-state index in [0.717, 1.165) is 16.7 Å². The molecule has 1 atom stereocenters. The molecule has 154 valence electrons. The van der Waals surface area contributed by atoms with Crippen LogP contribution in [0, 0.1) is 19.7 Å². The van der Waals surface area contributed by atoms with Gasteiger partial charge in [-0.25, -0.2) is 4.39 Å². The molecule has 0 aromatic heterocycles. The van der Waals surface area contributed by atoms with Gasteiger partial charge in [0.25, 0.3) is 5.91 Å². The van der Waals surface area contributed by atoms with Gasteiger partial charge in [-0.05, 0) is 72.9 Å². The molecule has 2 N–H and O–H groups in total. The van der Waals surface area contributed by atoms with E-state index in [1.165, 1.54) is 24.3 Å². The summed E-state index contributed by atoms with van der Waals surface area (Å²) < 4.78 is 13.7. The number of ketones is 1. The number of amides is 1. The number of rotatable bonds is 7. The van der Waals surface area contributed by atoms with E-state index in [2.05, 4.69) is 5.32 Å². The van der Waals surface area contributed by atoms with E-state index < -0.39 is 11.9 Å². The van der Waals surface area contributed by atoms with Crippen LogP contribution in [0.5, 0.6) is 5.75 Å². The fraction of sp³-hybridized carbons (Fsp3) is 0.200. The van der Waals surface area contributed by atoms with Crippen molar-refractivity contribution in [1.82, 2.24) is 5.32 Å². The van der Waals surface area contributed by atoms with E-state index in [1.807, 2.05) is 26.0 Å². The molecule has 0 radical (unpaired) electrons. The third kappa shape index (κ3) is 5.32. The van der Waals surface area contributed by atoms with Crippen LogP contribution in [-0.4, -0.2) is 22.8 Å². The zero-order chi connectivity index (χ0) is 21.7. The highest BCUT2D eigenvalue weighted by Gasteiger charge is 2.23. The molecule has 5 heteroatoms. The molecule has 3 aromatic rings. The maximum Gasteiger partial charge on any atom is 0.252 e. The monoisotopic (exact) mass is 405 g/mol. The van der Waals surface area contributed by atoms with Crippen LogP contribution >= 0.6 is 0 Å². The van der Waals surface area contributed by atoms with E-state index in [0.29, 0.717) is 11.1 Å². The van der Waals surface area contributed by atoms with Crippen molar-refractivity contribution in [2.75, 3.05) is 0 Å². The Morgan fingerprint density at radius 3 is 2.37 bits per heavy atom. The van der Waals surface area contributed by atoms with Crippen LogP contribution in [0.3, 0.4) is 0 Å². The van der Waals surface area contributed by atoms with Crippen molar-refractivity contribution in [3.63, 3.8) is 0 Å². The SMILES string of the molecule is Cc1ccc(F)cc1CC(=O)C(Cc1ccc(O)cc1)NC(=O)c1ccccc1C. The number of halogens is 1. The summed E-state index contributed by atoms with van der Waals surface area (Å²) in [7, 11) is 0. The molecule has 0 bridgehead atoms. The second-order valence-corrected chi connectivity index (χ2v) is 7.43. The van der Waals surface area contributed by atoms with E-state index in [1.54, 1.807) is 30.3 Å². The second kappa shape index (κ2) is 9.35. The largest absolute Gasteiger partial charge is 0.508 e. The highest BCUT2D eigenvalue weighted by Crippen LogP contribution is 2.16. The quantitative estimate of drug-likeness (QED) is 0.616. The first kappa shape index (κ1) is 21.2. The number of hydrogen-bond acceptors (Lipinski definition) is 3. The summed E-state index contributed by atoms with van der Waals surface area (Å²) >= 11 is 0. The highest BCUT2D eigenvalue weighted by atomic mass is 19.1. The molecule has 0 heterocycles. The molecular weight excluding hydrogens is 381 g/mol. The average Bonchev–Trinajstić information content (AvgIpc) is 2.72. The van der Waals surface area contributed by atoms with Crippen molar-refractivity contribution in [3.05, 3.63) is 100 Å². The number of Topliss-reactive ketones (excluding diaryl/α,β-unsaturated/α-hetero) is 1. The number of phenolic OH excluding ortho intramolecular Hbond substituents is 1. The minimum atomic E-state index is -0.788. The Bertz CT molecular complexity index is 1060. The van der Waals surface area contributed by atoms with Crippen molar-refractivity contribution in [1.29, 1.82) is 0 Å². The van der Waals surface area contributed by atoms with Gasteiger partial charge in [0, 0.05) is 12.0 Å². The van der Waals surface area contributed by atoms with Crippen LogP contribution in [0.15, 0.2) is 66.7 Å². The van der Waals surface area contributed by atoms with Crippen LogP contribution in [-0.2, 0) is 17.6 Å². The molecule has 30 heavy (non-hydrogen) atoms. The van der Waals surface area contributed by atoms with Crippen LogP contribution in [0.25, 0.3) is 0 Å². The number of carbonyl (C=O) groups is 2. The van der Waals surface area contributed by atoms with Crippen LogP contribution in [0.1, 0.15) is 32.6 Å². The lowest BCUT2D eigenvalue weighted by atomic mass is 9.95. The Kier molecular flexibility index (Phi) is 6.62. The molecule has 0 aliphatic carbocycles. The average molecular weight is 405 g/mol. The van der Waals surface area contributed by atoms with Gasteiger partial charge >= 0.3 is 0 Å². The van der Waals surface area contributed by atoms with E-state index >= 15 is 0 Å². The summed E-state index contributed by atoms with van der Waals surface area (Å²) in [5.74, 6) is -0.816. The fourth-order valence-corrected chi connectivity index (χ4v) is 3.32. The van der Waals surface area contributed by atoms with E-state index in [4.69, 9.17) is 0 Å². The first-order valence-corrected chi connectivity index (χ1v) is 9.75. The number of phenols is 1. The molecule has 0 saturated carbocycles. The zero-order valence-electron chi connectivity index (χ0n) is 17.0. The number of aryl methyl sites for hydroxylation is 2. The van der Waals surface area contributed by atoms with Gasteiger partial charge in [0.1, 0.15) is 11.6 Å².